The number of hydrogen-bond donors (Lipinski definition) is 1. The lowest BCUT2D eigenvalue weighted by molar-refractivity contribution is -0.130. The summed E-state index contributed by atoms with van der Waals surface area (Å²) in [6.45, 7) is 3.51. The first-order chi connectivity index (χ1) is 8.59. The van der Waals surface area contributed by atoms with Gasteiger partial charge in [-0.25, -0.2) is 4.79 Å². The molecular weight excluding hydrogens is 228 g/mol. The highest BCUT2D eigenvalue weighted by molar-refractivity contribution is 6.07. The maximum Gasteiger partial charge on any atom is 0.326 e. The van der Waals surface area contributed by atoms with Gasteiger partial charge in [-0.1, -0.05) is 36.3 Å². The van der Waals surface area contributed by atoms with E-state index < -0.39 is 11.6 Å². The van der Waals surface area contributed by atoms with Crippen LogP contribution in [0, 0.1) is 11.8 Å². The third kappa shape index (κ3) is 1.84. The van der Waals surface area contributed by atoms with E-state index in [4.69, 9.17) is 0 Å². The summed E-state index contributed by atoms with van der Waals surface area (Å²) in [7, 11) is 0. The Labute approximate surface area is 106 Å². The molecule has 0 spiro atoms. The van der Waals surface area contributed by atoms with Gasteiger partial charge in [-0.15, -0.1) is 5.92 Å². The SMILES string of the molecule is CC#CCN1C(=O)NC(C)(c2ccccc2)C1=O. The van der Waals surface area contributed by atoms with E-state index in [-0.39, 0.29) is 12.5 Å². The quantitative estimate of drug-likeness (QED) is 0.630. The molecule has 1 heterocycles. The van der Waals surface area contributed by atoms with Crippen molar-refractivity contribution in [2.45, 2.75) is 19.4 Å². The van der Waals surface area contributed by atoms with E-state index in [0.29, 0.717) is 0 Å². The molecule has 1 aliphatic heterocycles. The minimum absolute atomic E-state index is 0.129. The molecule has 18 heavy (non-hydrogen) atoms. The van der Waals surface area contributed by atoms with Crippen molar-refractivity contribution in [1.82, 2.24) is 10.2 Å². The number of nitrogens with one attached hydrogen (secondary N) is 1. The smallest absolute Gasteiger partial charge is 0.319 e. The van der Waals surface area contributed by atoms with Crippen LogP contribution in [0.2, 0.25) is 0 Å². The lowest BCUT2D eigenvalue weighted by Gasteiger charge is -2.21. The van der Waals surface area contributed by atoms with E-state index >= 15 is 0 Å². The molecule has 1 aromatic carbocycles. The zero-order valence-corrected chi connectivity index (χ0v) is 10.4. The van der Waals surface area contributed by atoms with Gasteiger partial charge in [-0.3, -0.25) is 9.69 Å². The van der Waals surface area contributed by atoms with Crippen molar-refractivity contribution in [3.8, 4) is 11.8 Å². The molecule has 1 unspecified atom stereocenters. The van der Waals surface area contributed by atoms with Gasteiger partial charge in [-0.05, 0) is 19.4 Å². The fraction of sp³-hybridized carbons (Fsp3) is 0.286. The van der Waals surface area contributed by atoms with Crippen molar-refractivity contribution < 1.29 is 9.59 Å². The molecule has 2 rings (SSSR count). The molecule has 1 aromatic rings. The molecule has 0 aromatic heterocycles. The number of rotatable bonds is 2. The average molecular weight is 242 g/mol. The molecule has 4 nitrogen and oxygen atoms in total. The predicted molar refractivity (Wildman–Crippen MR) is 67.5 cm³/mol. The fourth-order valence-corrected chi connectivity index (χ4v) is 1.97. The van der Waals surface area contributed by atoms with Gasteiger partial charge in [-0.2, -0.15) is 0 Å². The molecule has 4 heteroatoms. The highest BCUT2D eigenvalue weighted by atomic mass is 16.2. The number of carbonyl (C=O) groups excluding carboxylic acids is 2. The van der Waals surface area contributed by atoms with Crippen LogP contribution in [-0.4, -0.2) is 23.4 Å². The first kappa shape index (κ1) is 12.2. The number of nitrogens with zero attached hydrogens (tertiary/aromatic N) is 1. The largest absolute Gasteiger partial charge is 0.326 e. The summed E-state index contributed by atoms with van der Waals surface area (Å²) in [5.41, 5.74) is -0.219. The second-order valence-corrected chi connectivity index (χ2v) is 4.24. The summed E-state index contributed by atoms with van der Waals surface area (Å²) in [5, 5.41) is 2.72. The van der Waals surface area contributed by atoms with E-state index in [2.05, 4.69) is 17.2 Å². The fourth-order valence-electron chi connectivity index (χ4n) is 1.97. The monoisotopic (exact) mass is 242 g/mol. The van der Waals surface area contributed by atoms with Gasteiger partial charge >= 0.3 is 6.03 Å². The number of benzene rings is 1. The molecule has 1 aliphatic rings. The van der Waals surface area contributed by atoms with Crippen molar-refractivity contribution in [2.75, 3.05) is 6.54 Å². The Bertz CT molecular complexity index is 542. The molecule has 1 atom stereocenters. The normalized spacial score (nSPS) is 22.4. The van der Waals surface area contributed by atoms with Crippen LogP contribution >= 0.6 is 0 Å². The zero-order chi connectivity index (χ0) is 13.2. The summed E-state index contributed by atoms with van der Waals surface area (Å²) in [4.78, 5) is 25.3. The third-order valence-corrected chi connectivity index (χ3v) is 3.04. The molecule has 0 radical (unpaired) electrons. The molecule has 0 bridgehead atoms. The van der Waals surface area contributed by atoms with Crippen LogP contribution in [0.5, 0.6) is 0 Å². The Morgan fingerprint density at radius 1 is 1.28 bits per heavy atom. The summed E-state index contributed by atoms with van der Waals surface area (Å²) in [6, 6.07) is 8.81. The second-order valence-electron chi connectivity index (χ2n) is 4.24. The predicted octanol–water partition coefficient (Wildman–Crippen LogP) is 1.48. The van der Waals surface area contributed by atoms with E-state index in [1.165, 1.54) is 0 Å². The highest BCUT2D eigenvalue weighted by Gasteiger charge is 2.48. The van der Waals surface area contributed by atoms with Gasteiger partial charge in [0.05, 0.1) is 6.54 Å². The molecule has 1 saturated heterocycles. The van der Waals surface area contributed by atoms with Gasteiger partial charge in [0.25, 0.3) is 5.91 Å². The maximum atomic E-state index is 12.3. The molecular formula is C14H14N2O2. The molecule has 0 aliphatic carbocycles. The standard InChI is InChI=1S/C14H14N2O2/c1-3-4-10-16-12(17)14(2,15-13(16)18)11-8-6-5-7-9-11/h5-9H,10H2,1-2H3,(H,15,18). The Morgan fingerprint density at radius 3 is 2.56 bits per heavy atom. The molecule has 3 amide bonds. The van der Waals surface area contributed by atoms with Crippen LogP contribution in [0.25, 0.3) is 0 Å². The van der Waals surface area contributed by atoms with Crippen LogP contribution in [0.4, 0.5) is 4.79 Å². The van der Waals surface area contributed by atoms with E-state index in [1.54, 1.807) is 13.8 Å². The van der Waals surface area contributed by atoms with Crippen LogP contribution in [-0.2, 0) is 10.3 Å². The number of carbonyl (C=O) groups is 2. The van der Waals surface area contributed by atoms with Crippen LogP contribution in [0.3, 0.4) is 0 Å². The topological polar surface area (TPSA) is 49.4 Å². The maximum absolute atomic E-state index is 12.3. The Morgan fingerprint density at radius 2 is 1.94 bits per heavy atom. The molecule has 92 valence electrons. The minimum atomic E-state index is -0.992. The lowest BCUT2D eigenvalue weighted by Crippen LogP contribution is -2.40. The Hall–Kier alpha value is -2.28. The number of urea groups is 1. The molecule has 1 N–H and O–H groups in total. The number of amides is 3. The van der Waals surface area contributed by atoms with Gasteiger partial charge < -0.3 is 5.32 Å². The zero-order valence-electron chi connectivity index (χ0n) is 10.4. The van der Waals surface area contributed by atoms with Gasteiger partial charge in [0.2, 0.25) is 0 Å². The van der Waals surface area contributed by atoms with Crippen molar-refractivity contribution in [1.29, 1.82) is 0 Å². The van der Waals surface area contributed by atoms with Crippen molar-refractivity contribution in [3.63, 3.8) is 0 Å². The van der Waals surface area contributed by atoms with Gasteiger partial charge in [0.15, 0.2) is 0 Å². The summed E-state index contributed by atoms with van der Waals surface area (Å²) in [6.07, 6.45) is 0. The molecule has 1 fully saturated rings. The first-order valence-corrected chi connectivity index (χ1v) is 5.69. The van der Waals surface area contributed by atoms with Crippen molar-refractivity contribution in [2.24, 2.45) is 0 Å². The van der Waals surface area contributed by atoms with Crippen LogP contribution in [0.15, 0.2) is 30.3 Å². The second kappa shape index (κ2) is 4.53. The Balaban J connectivity index is 2.34. The number of hydrogen-bond acceptors (Lipinski definition) is 2. The summed E-state index contributed by atoms with van der Waals surface area (Å²) < 4.78 is 0. The van der Waals surface area contributed by atoms with E-state index in [1.807, 2.05) is 30.3 Å². The van der Waals surface area contributed by atoms with Gasteiger partial charge in [0.1, 0.15) is 5.54 Å². The summed E-state index contributed by atoms with van der Waals surface area (Å²) in [5.74, 6) is 5.15. The van der Waals surface area contributed by atoms with Crippen LogP contribution < -0.4 is 5.32 Å². The third-order valence-electron chi connectivity index (χ3n) is 3.04. The van der Waals surface area contributed by atoms with Gasteiger partial charge in [0, 0.05) is 0 Å². The Kier molecular flexibility index (Phi) is 3.07. The van der Waals surface area contributed by atoms with E-state index in [0.717, 1.165) is 10.5 Å². The lowest BCUT2D eigenvalue weighted by atomic mass is 9.92. The molecule has 0 saturated carbocycles. The highest BCUT2D eigenvalue weighted by Crippen LogP contribution is 2.28. The summed E-state index contributed by atoms with van der Waals surface area (Å²) >= 11 is 0. The minimum Gasteiger partial charge on any atom is -0.319 e. The van der Waals surface area contributed by atoms with Crippen molar-refractivity contribution >= 4 is 11.9 Å². The van der Waals surface area contributed by atoms with E-state index in [9.17, 15) is 9.59 Å². The van der Waals surface area contributed by atoms with Crippen molar-refractivity contribution in [3.05, 3.63) is 35.9 Å². The van der Waals surface area contributed by atoms with Crippen LogP contribution in [0.1, 0.15) is 19.4 Å². The average Bonchev–Trinajstić information content (AvgIpc) is 2.60. The first-order valence-electron chi connectivity index (χ1n) is 5.69. The number of imide groups is 1.